The molecule has 1 aliphatic rings. The van der Waals surface area contributed by atoms with E-state index in [9.17, 15) is 14.3 Å². The molecule has 2 aromatic rings. The molecule has 3 atom stereocenters. The second-order valence-corrected chi connectivity index (χ2v) is 6.52. The summed E-state index contributed by atoms with van der Waals surface area (Å²) >= 11 is 0. The fourth-order valence-corrected chi connectivity index (χ4v) is 3.31. The number of hydrogen-bond donors (Lipinski definition) is 2. The molecule has 0 bridgehead atoms. The van der Waals surface area contributed by atoms with Crippen molar-refractivity contribution in [2.45, 2.75) is 44.8 Å². The first-order valence-corrected chi connectivity index (χ1v) is 8.49. The SMILES string of the molecule is Cc1nnnn1C(Cc1cccc(F)c1)C(=O)NCC1CCCC1O. The van der Waals surface area contributed by atoms with Crippen LogP contribution in [0.25, 0.3) is 0 Å². The van der Waals surface area contributed by atoms with Crippen LogP contribution in [0, 0.1) is 18.7 Å². The lowest BCUT2D eigenvalue weighted by Crippen LogP contribution is -2.39. The van der Waals surface area contributed by atoms with E-state index in [1.807, 2.05) is 0 Å². The predicted molar refractivity (Wildman–Crippen MR) is 88.1 cm³/mol. The molecule has 1 aromatic carbocycles. The van der Waals surface area contributed by atoms with Gasteiger partial charge in [-0.2, -0.15) is 0 Å². The Morgan fingerprint density at radius 3 is 2.96 bits per heavy atom. The molecule has 3 rings (SSSR count). The van der Waals surface area contributed by atoms with Crippen LogP contribution in [0.2, 0.25) is 0 Å². The summed E-state index contributed by atoms with van der Waals surface area (Å²) in [7, 11) is 0. The van der Waals surface area contributed by atoms with Crippen LogP contribution in [0.3, 0.4) is 0 Å². The first kappa shape index (κ1) is 17.5. The molecule has 1 aliphatic carbocycles. The Hall–Kier alpha value is -2.35. The fraction of sp³-hybridized carbons (Fsp3) is 0.529. The molecule has 2 N–H and O–H groups in total. The number of aliphatic hydroxyl groups is 1. The van der Waals surface area contributed by atoms with Gasteiger partial charge in [0.25, 0.3) is 0 Å². The van der Waals surface area contributed by atoms with E-state index >= 15 is 0 Å². The van der Waals surface area contributed by atoms with Gasteiger partial charge in [-0.25, -0.2) is 9.07 Å². The van der Waals surface area contributed by atoms with Gasteiger partial charge in [0.15, 0.2) is 0 Å². The van der Waals surface area contributed by atoms with Crippen LogP contribution in [0.5, 0.6) is 0 Å². The summed E-state index contributed by atoms with van der Waals surface area (Å²) in [6.07, 6.45) is 2.57. The largest absolute Gasteiger partial charge is 0.393 e. The number of nitrogens with one attached hydrogen (secondary N) is 1. The minimum Gasteiger partial charge on any atom is -0.393 e. The normalized spacial score (nSPS) is 21.2. The Balaban J connectivity index is 1.74. The van der Waals surface area contributed by atoms with Crippen molar-refractivity contribution in [1.82, 2.24) is 25.5 Å². The quantitative estimate of drug-likeness (QED) is 0.819. The molecule has 25 heavy (non-hydrogen) atoms. The third-order valence-electron chi connectivity index (χ3n) is 4.73. The second kappa shape index (κ2) is 7.69. The van der Waals surface area contributed by atoms with Gasteiger partial charge >= 0.3 is 0 Å². The first-order chi connectivity index (χ1) is 12.0. The van der Waals surface area contributed by atoms with E-state index in [1.54, 1.807) is 19.1 Å². The summed E-state index contributed by atoms with van der Waals surface area (Å²) < 4.78 is 14.9. The average molecular weight is 347 g/mol. The van der Waals surface area contributed by atoms with Crippen LogP contribution >= 0.6 is 0 Å². The lowest BCUT2D eigenvalue weighted by atomic mass is 10.0. The van der Waals surface area contributed by atoms with Crippen LogP contribution in [0.15, 0.2) is 24.3 Å². The molecule has 7 nitrogen and oxygen atoms in total. The van der Waals surface area contributed by atoms with Gasteiger partial charge in [-0.3, -0.25) is 4.79 Å². The lowest BCUT2D eigenvalue weighted by Gasteiger charge is -2.20. The van der Waals surface area contributed by atoms with Gasteiger partial charge in [0.2, 0.25) is 5.91 Å². The van der Waals surface area contributed by atoms with Crippen molar-refractivity contribution in [2.24, 2.45) is 5.92 Å². The van der Waals surface area contributed by atoms with E-state index in [-0.39, 0.29) is 30.2 Å². The zero-order valence-electron chi connectivity index (χ0n) is 14.1. The molecular weight excluding hydrogens is 325 g/mol. The Morgan fingerprint density at radius 2 is 2.32 bits per heavy atom. The summed E-state index contributed by atoms with van der Waals surface area (Å²) in [6, 6.07) is 5.48. The maximum absolute atomic E-state index is 13.5. The van der Waals surface area contributed by atoms with E-state index in [0.29, 0.717) is 17.9 Å². The maximum atomic E-state index is 13.5. The molecule has 1 heterocycles. The van der Waals surface area contributed by atoms with Crippen LogP contribution < -0.4 is 5.32 Å². The monoisotopic (exact) mass is 347 g/mol. The van der Waals surface area contributed by atoms with E-state index in [0.717, 1.165) is 19.3 Å². The molecule has 3 unspecified atom stereocenters. The van der Waals surface area contributed by atoms with Gasteiger partial charge in [0.05, 0.1) is 6.10 Å². The van der Waals surface area contributed by atoms with E-state index in [1.165, 1.54) is 16.8 Å². The molecule has 134 valence electrons. The summed E-state index contributed by atoms with van der Waals surface area (Å²) in [4.78, 5) is 12.7. The van der Waals surface area contributed by atoms with E-state index < -0.39 is 6.04 Å². The van der Waals surface area contributed by atoms with Crippen molar-refractivity contribution in [3.63, 3.8) is 0 Å². The maximum Gasteiger partial charge on any atom is 0.245 e. The second-order valence-electron chi connectivity index (χ2n) is 6.52. The number of hydrogen-bond acceptors (Lipinski definition) is 5. The zero-order chi connectivity index (χ0) is 17.8. The topological polar surface area (TPSA) is 92.9 Å². The van der Waals surface area contributed by atoms with Gasteiger partial charge in [-0.15, -0.1) is 5.10 Å². The van der Waals surface area contributed by atoms with Crippen LogP contribution in [0.1, 0.15) is 36.7 Å². The number of aliphatic hydroxyl groups excluding tert-OH is 1. The van der Waals surface area contributed by atoms with Crippen molar-refractivity contribution in [1.29, 1.82) is 0 Å². The molecule has 0 saturated heterocycles. The number of benzene rings is 1. The van der Waals surface area contributed by atoms with E-state index in [4.69, 9.17) is 0 Å². The van der Waals surface area contributed by atoms with Gasteiger partial charge in [-0.05, 0) is 47.9 Å². The van der Waals surface area contributed by atoms with Gasteiger partial charge in [-0.1, -0.05) is 18.6 Å². The molecule has 8 heteroatoms. The number of aryl methyl sites for hydroxylation is 1. The molecule has 1 aromatic heterocycles. The van der Waals surface area contributed by atoms with Crippen molar-refractivity contribution in [3.05, 3.63) is 41.5 Å². The van der Waals surface area contributed by atoms with Gasteiger partial charge in [0.1, 0.15) is 17.7 Å². The Bertz CT molecular complexity index is 735. The standard InChI is InChI=1S/C17H22FN5O2/c1-11-20-21-22-23(11)15(9-12-4-2-6-14(18)8-12)17(25)19-10-13-5-3-7-16(13)24/h2,4,6,8,13,15-16,24H,3,5,7,9-10H2,1H3,(H,19,25). The molecular formula is C17H22FN5O2. The van der Waals surface area contributed by atoms with Crippen molar-refractivity contribution < 1.29 is 14.3 Å². The number of amides is 1. The molecule has 0 radical (unpaired) electrons. The summed E-state index contributed by atoms with van der Waals surface area (Å²) in [5.41, 5.74) is 0.691. The summed E-state index contributed by atoms with van der Waals surface area (Å²) in [6.45, 7) is 2.13. The van der Waals surface area contributed by atoms with Crippen molar-refractivity contribution >= 4 is 5.91 Å². The Kier molecular flexibility index (Phi) is 5.37. The third kappa shape index (κ3) is 4.19. The highest BCUT2D eigenvalue weighted by Gasteiger charge is 2.28. The molecule has 1 saturated carbocycles. The zero-order valence-corrected chi connectivity index (χ0v) is 14.1. The third-order valence-corrected chi connectivity index (χ3v) is 4.73. The van der Waals surface area contributed by atoms with Gasteiger partial charge < -0.3 is 10.4 Å². The smallest absolute Gasteiger partial charge is 0.245 e. The minimum absolute atomic E-state index is 0.0775. The fourth-order valence-electron chi connectivity index (χ4n) is 3.31. The van der Waals surface area contributed by atoms with Crippen LogP contribution in [-0.4, -0.2) is 43.9 Å². The highest BCUT2D eigenvalue weighted by Crippen LogP contribution is 2.25. The number of carbonyl (C=O) groups excluding carboxylic acids is 1. The first-order valence-electron chi connectivity index (χ1n) is 8.49. The lowest BCUT2D eigenvalue weighted by molar-refractivity contribution is -0.125. The van der Waals surface area contributed by atoms with Crippen molar-refractivity contribution in [2.75, 3.05) is 6.54 Å². The summed E-state index contributed by atoms with van der Waals surface area (Å²) in [5.74, 6) is 0.00382. The number of nitrogens with zero attached hydrogens (tertiary/aromatic N) is 4. The molecule has 1 amide bonds. The number of carbonyl (C=O) groups is 1. The number of halogens is 1. The Morgan fingerprint density at radius 1 is 1.48 bits per heavy atom. The summed E-state index contributed by atoms with van der Waals surface area (Å²) in [5, 5.41) is 24.1. The van der Waals surface area contributed by atoms with Crippen molar-refractivity contribution in [3.8, 4) is 0 Å². The minimum atomic E-state index is -0.671. The van der Waals surface area contributed by atoms with Gasteiger partial charge in [0, 0.05) is 18.9 Å². The number of rotatable bonds is 6. The highest BCUT2D eigenvalue weighted by atomic mass is 19.1. The average Bonchev–Trinajstić information content (AvgIpc) is 3.19. The number of tetrazole rings is 1. The van der Waals surface area contributed by atoms with E-state index in [2.05, 4.69) is 20.8 Å². The highest BCUT2D eigenvalue weighted by molar-refractivity contribution is 5.80. The molecule has 0 spiro atoms. The van der Waals surface area contributed by atoms with Crippen LogP contribution in [-0.2, 0) is 11.2 Å². The molecule has 1 fully saturated rings. The Labute approximate surface area is 145 Å². The number of aromatic nitrogens is 4. The van der Waals surface area contributed by atoms with Crippen LogP contribution in [0.4, 0.5) is 4.39 Å². The molecule has 0 aliphatic heterocycles. The predicted octanol–water partition coefficient (Wildman–Crippen LogP) is 1.18.